The minimum absolute atomic E-state index is 0. The summed E-state index contributed by atoms with van der Waals surface area (Å²) < 4.78 is 1.60. The molecule has 1 aliphatic heterocycles. The Morgan fingerprint density at radius 1 is 1.02 bits per heavy atom. The number of piperazine rings is 1. The molecule has 2 fully saturated rings. The van der Waals surface area contributed by atoms with Crippen molar-refractivity contribution in [2.24, 2.45) is 13.0 Å². The third kappa shape index (κ3) is 9.44. The summed E-state index contributed by atoms with van der Waals surface area (Å²) in [5.74, 6) is 0.0920. The minimum atomic E-state index is -0.700. The van der Waals surface area contributed by atoms with Crippen LogP contribution < -0.4 is 20.9 Å². The Morgan fingerprint density at radius 3 is 2.40 bits per heavy atom. The van der Waals surface area contributed by atoms with Gasteiger partial charge < -0.3 is 20.9 Å². The van der Waals surface area contributed by atoms with Crippen LogP contribution in [0.2, 0.25) is 0 Å². The molecule has 1 aliphatic carbocycles. The molecule has 258 valence electrons. The number of carbonyl (C=O) groups is 4. The molecule has 0 spiro atoms. The number of aromatic nitrogens is 2. The number of amides is 4. The number of aryl methyl sites for hydroxylation is 1. The Bertz CT molecular complexity index is 1490. The van der Waals surface area contributed by atoms with Crippen molar-refractivity contribution in [3.05, 3.63) is 78.0 Å². The Balaban J connectivity index is 0.00000520. The van der Waals surface area contributed by atoms with E-state index in [0.717, 1.165) is 50.5 Å². The largest absolute Gasteiger partial charge is 0.344 e. The van der Waals surface area contributed by atoms with E-state index in [1.807, 2.05) is 47.4 Å². The highest BCUT2D eigenvalue weighted by Crippen LogP contribution is 2.31. The lowest BCUT2D eigenvalue weighted by Crippen LogP contribution is -2.58. The first-order valence-corrected chi connectivity index (χ1v) is 16.8. The molecule has 0 bridgehead atoms. The maximum absolute atomic E-state index is 13.8. The summed E-state index contributed by atoms with van der Waals surface area (Å²) in [5.41, 5.74) is 2.67. The van der Waals surface area contributed by atoms with Crippen LogP contribution in [0.4, 0.5) is 11.5 Å². The van der Waals surface area contributed by atoms with Gasteiger partial charge in [0, 0.05) is 57.3 Å². The minimum Gasteiger partial charge on any atom is -0.344 e. The van der Waals surface area contributed by atoms with Gasteiger partial charge in [-0.3, -0.25) is 28.8 Å². The molecule has 3 atom stereocenters. The average Bonchev–Trinajstić information content (AvgIpc) is 3.53. The van der Waals surface area contributed by atoms with E-state index in [4.69, 9.17) is 0 Å². The molecule has 12 heteroatoms. The van der Waals surface area contributed by atoms with Crippen LogP contribution in [0.1, 0.15) is 56.6 Å². The third-order valence-electron chi connectivity index (χ3n) is 9.35. The molecular weight excluding hydrogens is 630 g/mol. The van der Waals surface area contributed by atoms with Crippen LogP contribution in [0, 0.1) is 5.92 Å². The van der Waals surface area contributed by atoms with Crippen molar-refractivity contribution in [3.63, 3.8) is 0 Å². The molecular formula is C36H48ClN7O4. The van der Waals surface area contributed by atoms with Crippen LogP contribution >= 0.6 is 12.4 Å². The van der Waals surface area contributed by atoms with Gasteiger partial charge in [-0.2, -0.15) is 5.10 Å². The van der Waals surface area contributed by atoms with Crippen LogP contribution in [0.15, 0.2) is 66.9 Å². The highest BCUT2D eigenvalue weighted by molar-refractivity contribution is 6.00. The molecule has 11 nitrogen and oxygen atoms in total. The standard InChI is InChI=1S/C36H47N7O4.ClH/c1-3-32(45)40-31(36(47)42-21-20-37-30(24-42)22-26-10-6-4-7-11-26)23-27-14-16-29(17-15-27)39-35(46)34(28-12-8-5-9-13-28)43(25-44)33-18-19-38-41(33)2;/h4,6-7,10-11,14-19,25,28,30-31,34,37H,3,5,8-9,12-13,20-24H2,1-2H3,(H,39,46)(H,40,45);1H/t30-,31-,34+;/m1./s1. The van der Waals surface area contributed by atoms with E-state index in [-0.39, 0.29) is 48.5 Å². The molecule has 1 aromatic heterocycles. The lowest BCUT2D eigenvalue weighted by molar-refractivity contribution is -0.137. The van der Waals surface area contributed by atoms with Crippen molar-refractivity contribution < 1.29 is 19.2 Å². The molecule has 2 aromatic carbocycles. The lowest BCUT2D eigenvalue weighted by Gasteiger charge is -2.36. The quantitative estimate of drug-likeness (QED) is 0.236. The molecule has 48 heavy (non-hydrogen) atoms. The predicted molar refractivity (Wildman–Crippen MR) is 189 cm³/mol. The summed E-state index contributed by atoms with van der Waals surface area (Å²) in [6, 6.07) is 18.1. The fourth-order valence-corrected chi connectivity index (χ4v) is 6.85. The van der Waals surface area contributed by atoms with Crippen molar-refractivity contribution in [1.82, 2.24) is 25.3 Å². The molecule has 2 heterocycles. The number of hydrogen-bond acceptors (Lipinski definition) is 6. The number of carbonyl (C=O) groups excluding carboxylic acids is 4. The first-order valence-electron chi connectivity index (χ1n) is 16.8. The van der Waals surface area contributed by atoms with Crippen LogP contribution in [-0.4, -0.2) is 76.6 Å². The summed E-state index contributed by atoms with van der Waals surface area (Å²) >= 11 is 0. The van der Waals surface area contributed by atoms with Gasteiger partial charge in [0.15, 0.2) is 0 Å². The van der Waals surface area contributed by atoms with E-state index in [0.29, 0.717) is 37.6 Å². The van der Waals surface area contributed by atoms with Gasteiger partial charge in [0.1, 0.15) is 17.9 Å². The number of rotatable bonds is 13. The normalized spacial score (nSPS) is 17.8. The summed E-state index contributed by atoms with van der Waals surface area (Å²) in [7, 11) is 1.76. The van der Waals surface area contributed by atoms with Crippen molar-refractivity contribution in [2.75, 3.05) is 29.9 Å². The number of nitrogens with one attached hydrogen (secondary N) is 3. The van der Waals surface area contributed by atoms with Crippen molar-refractivity contribution in [1.29, 1.82) is 0 Å². The summed E-state index contributed by atoms with van der Waals surface area (Å²) in [5, 5.41) is 13.7. The topological polar surface area (TPSA) is 129 Å². The van der Waals surface area contributed by atoms with Gasteiger partial charge in [0.05, 0.1) is 6.20 Å². The van der Waals surface area contributed by atoms with Crippen LogP contribution in [-0.2, 0) is 39.1 Å². The summed E-state index contributed by atoms with van der Waals surface area (Å²) in [6.45, 7) is 3.61. The number of hydrogen-bond donors (Lipinski definition) is 3. The fraction of sp³-hybridized carbons (Fsp3) is 0.472. The van der Waals surface area contributed by atoms with Gasteiger partial charge in [-0.15, -0.1) is 12.4 Å². The molecule has 1 saturated carbocycles. The smallest absolute Gasteiger partial charge is 0.247 e. The van der Waals surface area contributed by atoms with E-state index in [2.05, 4.69) is 33.2 Å². The Kier molecular flexibility index (Phi) is 13.6. The SMILES string of the molecule is CCC(=O)N[C@H](Cc1ccc(NC(=O)[C@H](C2CCCCC2)N(C=O)c2ccnn2C)cc1)C(=O)N1CCN[C@H](Cc2ccccc2)C1.Cl. The Hall–Kier alpha value is -4.22. The molecule has 0 unspecified atom stereocenters. The van der Waals surface area contributed by atoms with Crippen molar-refractivity contribution >= 4 is 48.0 Å². The predicted octanol–water partition coefficient (Wildman–Crippen LogP) is 3.87. The van der Waals surface area contributed by atoms with Gasteiger partial charge in [-0.1, -0.05) is 68.7 Å². The van der Waals surface area contributed by atoms with Gasteiger partial charge >= 0.3 is 0 Å². The molecule has 0 radical (unpaired) electrons. The molecule has 5 rings (SSSR count). The van der Waals surface area contributed by atoms with Gasteiger partial charge in [0.25, 0.3) is 0 Å². The lowest BCUT2D eigenvalue weighted by atomic mass is 9.82. The number of nitrogens with zero attached hydrogens (tertiary/aromatic N) is 4. The van der Waals surface area contributed by atoms with Crippen molar-refractivity contribution in [3.8, 4) is 0 Å². The third-order valence-corrected chi connectivity index (χ3v) is 9.35. The monoisotopic (exact) mass is 677 g/mol. The second-order valence-corrected chi connectivity index (χ2v) is 12.7. The average molecular weight is 678 g/mol. The van der Waals surface area contributed by atoms with E-state index in [1.54, 1.807) is 30.9 Å². The highest BCUT2D eigenvalue weighted by atomic mass is 35.5. The fourth-order valence-electron chi connectivity index (χ4n) is 6.85. The maximum atomic E-state index is 13.8. The zero-order chi connectivity index (χ0) is 33.2. The molecule has 2 aliphatic rings. The zero-order valence-corrected chi connectivity index (χ0v) is 28.7. The number of benzene rings is 2. The zero-order valence-electron chi connectivity index (χ0n) is 27.8. The highest BCUT2D eigenvalue weighted by Gasteiger charge is 2.36. The molecule has 3 N–H and O–H groups in total. The Labute approximate surface area is 289 Å². The van der Waals surface area contributed by atoms with Crippen molar-refractivity contribution in [2.45, 2.75) is 76.4 Å². The molecule has 1 saturated heterocycles. The van der Waals surface area contributed by atoms with Gasteiger partial charge in [-0.25, -0.2) is 0 Å². The number of anilines is 2. The maximum Gasteiger partial charge on any atom is 0.247 e. The Morgan fingerprint density at radius 2 is 1.75 bits per heavy atom. The first-order chi connectivity index (χ1) is 22.9. The van der Waals surface area contributed by atoms with Crippen LogP contribution in [0.25, 0.3) is 0 Å². The van der Waals surface area contributed by atoms with E-state index in [1.165, 1.54) is 10.5 Å². The second-order valence-electron chi connectivity index (χ2n) is 12.7. The molecule has 3 aromatic rings. The van der Waals surface area contributed by atoms with Gasteiger partial charge in [-0.05, 0) is 48.4 Å². The van der Waals surface area contributed by atoms with E-state index < -0.39 is 12.1 Å². The first kappa shape index (κ1) is 36.6. The van der Waals surface area contributed by atoms with E-state index in [9.17, 15) is 19.2 Å². The second kappa shape index (κ2) is 17.8. The summed E-state index contributed by atoms with van der Waals surface area (Å²) in [6.07, 6.45) is 8.70. The number of halogens is 1. The van der Waals surface area contributed by atoms with Crippen LogP contribution in [0.3, 0.4) is 0 Å². The summed E-state index contributed by atoms with van der Waals surface area (Å²) in [4.78, 5) is 55.8. The van der Waals surface area contributed by atoms with Crippen LogP contribution in [0.5, 0.6) is 0 Å². The van der Waals surface area contributed by atoms with E-state index >= 15 is 0 Å². The molecule has 4 amide bonds. The van der Waals surface area contributed by atoms with Gasteiger partial charge in [0.2, 0.25) is 24.1 Å².